The molecule has 0 saturated carbocycles. The topological polar surface area (TPSA) is 9.23 Å². The van der Waals surface area contributed by atoms with Gasteiger partial charge in [-0.15, -0.1) is 0 Å². The van der Waals surface area contributed by atoms with E-state index in [1.807, 2.05) is 6.26 Å². The molecule has 0 aliphatic heterocycles. The van der Waals surface area contributed by atoms with Crippen LogP contribution in [0.1, 0.15) is 26.7 Å². The van der Waals surface area contributed by atoms with Gasteiger partial charge in [-0.3, -0.25) is 0 Å². The second kappa shape index (κ2) is 6.43. The molecule has 2 heteroatoms. The molecule has 9 heavy (non-hydrogen) atoms. The lowest BCUT2D eigenvalue weighted by Crippen LogP contribution is -1.91. The van der Waals surface area contributed by atoms with Crippen molar-refractivity contribution >= 4 is 12.0 Å². The molecule has 0 aliphatic rings. The highest BCUT2D eigenvalue weighted by molar-refractivity contribution is 7.93. The van der Waals surface area contributed by atoms with Crippen LogP contribution >= 0.6 is 12.0 Å². The van der Waals surface area contributed by atoms with Crippen LogP contribution < -0.4 is 0 Å². The summed E-state index contributed by atoms with van der Waals surface area (Å²) in [6.45, 7) is 5.37. The Hall–Kier alpha value is 0.310. The normalized spacial score (nSPS) is 10.7. The highest BCUT2D eigenvalue weighted by Gasteiger charge is 1.92. The van der Waals surface area contributed by atoms with Crippen molar-refractivity contribution < 1.29 is 4.18 Å². The Balaban J connectivity index is 2.75. The van der Waals surface area contributed by atoms with E-state index in [0.717, 1.165) is 12.5 Å². The third-order valence-electron chi connectivity index (χ3n) is 1.13. The highest BCUT2D eigenvalue weighted by Crippen LogP contribution is 2.05. The van der Waals surface area contributed by atoms with Gasteiger partial charge in [-0.1, -0.05) is 13.8 Å². The third kappa shape index (κ3) is 8.31. The average Bonchev–Trinajstić information content (AvgIpc) is 1.80. The van der Waals surface area contributed by atoms with Gasteiger partial charge in [0.15, 0.2) is 0 Å². The van der Waals surface area contributed by atoms with Crippen molar-refractivity contribution in [3.05, 3.63) is 0 Å². The Morgan fingerprint density at radius 1 is 1.44 bits per heavy atom. The minimum Gasteiger partial charge on any atom is -0.316 e. The summed E-state index contributed by atoms with van der Waals surface area (Å²) in [5.74, 6) is 0.815. The van der Waals surface area contributed by atoms with E-state index in [1.54, 1.807) is 0 Å². The molecular formula is C7H16OS. The van der Waals surface area contributed by atoms with Gasteiger partial charge < -0.3 is 4.18 Å². The van der Waals surface area contributed by atoms with E-state index in [4.69, 9.17) is 4.18 Å². The van der Waals surface area contributed by atoms with Crippen molar-refractivity contribution in [2.24, 2.45) is 5.92 Å². The van der Waals surface area contributed by atoms with Gasteiger partial charge in [0.2, 0.25) is 0 Å². The zero-order valence-electron chi connectivity index (χ0n) is 6.52. The number of rotatable bonds is 5. The highest BCUT2D eigenvalue weighted by atomic mass is 32.2. The van der Waals surface area contributed by atoms with E-state index in [2.05, 4.69) is 13.8 Å². The lowest BCUT2D eigenvalue weighted by Gasteiger charge is -2.02. The maximum Gasteiger partial charge on any atom is 0.0613 e. The Morgan fingerprint density at radius 3 is 2.56 bits per heavy atom. The van der Waals surface area contributed by atoms with Gasteiger partial charge in [-0.05, 0) is 30.8 Å². The quantitative estimate of drug-likeness (QED) is 0.438. The summed E-state index contributed by atoms with van der Waals surface area (Å²) < 4.78 is 5.10. The first-order valence-electron chi connectivity index (χ1n) is 3.43. The molecule has 0 bridgehead atoms. The monoisotopic (exact) mass is 148 g/mol. The molecule has 0 unspecified atom stereocenters. The van der Waals surface area contributed by atoms with Crippen molar-refractivity contribution in [2.45, 2.75) is 26.7 Å². The largest absolute Gasteiger partial charge is 0.316 e. The minimum atomic E-state index is 0.815. The summed E-state index contributed by atoms with van der Waals surface area (Å²) >= 11 is 1.45. The number of hydrogen-bond acceptors (Lipinski definition) is 2. The van der Waals surface area contributed by atoms with Crippen molar-refractivity contribution in [1.29, 1.82) is 0 Å². The Morgan fingerprint density at radius 2 is 2.11 bits per heavy atom. The summed E-state index contributed by atoms with van der Waals surface area (Å²) in [4.78, 5) is 0. The summed E-state index contributed by atoms with van der Waals surface area (Å²) in [5, 5.41) is 0. The molecule has 0 rings (SSSR count). The van der Waals surface area contributed by atoms with Crippen molar-refractivity contribution in [2.75, 3.05) is 12.9 Å². The molecule has 0 fully saturated rings. The lowest BCUT2D eigenvalue weighted by atomic mass is 10.1. The van der Waals surface area contributed by atoms with Crippen LogP contribution in [0.3, 0.4) is 0 Å². The molecule has 0 aromatic carbocycles. The van der Waals surface area contributed by atoms with Gasteiger partial charge >= 0.3 is 0 Å². The molecule has 0 heterocycles. The summed E-state index contributed by atoms with van der Waals surface area (Å²) in [6.07, 6.45) is 4.43. The molecule has 1 nitrogen and oxygen atoms in total. The Kier molecular flexibility index (Phi) is 6.65. The fraction of sp³-hybridized carbons (Fsp3) is 1.00. The molecule has 0 amide bonds. The molecule has 56 valence electrons. The first kappa shape index (κ1) is 9.31. The lowest BCUT2D eigenvalue weighted by molar-refractivity contribution is 0.346. The smallest absolute Gasteiger partial charge is 0.0613 e. The van der Waals surface area contributed by atoms with E-state index >= 15 is 0 Å². The maximum absolute atomic E-state index is 5.10. The molecule has 0 spiro atoms. The second-order valence-electron chi connectivity index (χ2n) is 2.52. The van der Waals surface area contributed by atoms with Crippen LogP contribution in [-0.2, 0) is 4.18 Å². The molecular weight excluding hydrogens is 132 g/mol. The van der Waals surface area contributed by atoms with Gasteiger partial charge in [0, 0.05) is 6.26 Å². The predicted molar refractivity (Wildman–Crippen MR) is 43.5 cm³/mol. The van der Waals surface area contributed by atoms with E-state index < -0.39 is 0 Å². The van der Waals surface area contributed by atoms with E-state index in [-0.39, 0.29) is 0 Å². The standard InChI is InChI=1S/C7H16OS/c1-7(2)5-4-6-8-9-3/h7H,4-6H2,1-3H3. The molecule has 0 atom stereocenters. The number of hydrogen-bond donors (Lipinski definition) is 0. The molecule has 0 radical (unpaired) electrons. The van der Waals surface area contributed by atoms with Crippen molar-refractivity contribution in [3.8, 4) is 0 Å². The molecule has 0 saturated heterocycles. The second-order valence-corrected chi connectivity index (χ2v) is 3.09. The minimum absolute atomic E-state index is 0.815. The summed E-state index contributed by atoms with van der Waals surface area (Å²) in [6, 6.07) is 0. The molecule has 0 aromatic rings. The van der Waals surface area contributed by atoms with Gasteiger partial charge in [0.1, 0.15) is 0 Å². The SMILES string of the molecule is CSOCCCC(C)C. The molecule has 0 N–H and O–H groups in total. The van der Waals surface area contributed by atoms with Crippen LogP contribution in [0.15, 0.2) is 0 Å². The van der Waals surface area contributed by atoms with Crippen molar-refractivity contribution in [3.63, 3.8) is 0 Å². The summed E-state index contributed by atoms with van der Waals surface area (Å²) in [5.41, 5.74) is 0. The van der Waals surface area contributed by atoms with Gasteiger partial charge in [0.05, 0.1) is 6.61 Å². The fourth-order valence-electron chi connectivity index (χ4n) is 0.634. The zero-order chi connectivity index (χ0) is 7.11. The first-order chi connectivity index (χ1) is 4.27. The van der Waals surface area contributed by atoms with Crippen molar-refractivity contribution in [1.82, 2.24) is 0 Å². The van der Waals surface area contributed by atoms with Gasteiger partial charge in [-0.25, -0.2) is 0 Å². The van der Waals surface area contributed by atoms with Crippen LogP contribution in [0.4, 0.5) is 0 Å². The van der Waals surface area contributed by atoms with Crippen LogP contribution in [0.2, 0.25) is 0 Å². The van der Waals surface area contributed by atoms with E-state index in [9.17, 15) is 0 Å². The maximum atomic E-state index is 5.10. The van der Waals surface area contributed by atoms with Crippen LogP contribution in [0.25, 0.3) is 0 Å². The third-order valence-corrected chi connectivity index (χ3v) is 1.53. The Labute approximate surface area is 62.4 Å². The van der Waals surface area contributed by atoms with E-state index in [0.29, 0.717) is 0 Å². The predicted octanol–water partition coefficient (Wildman–Crippen LogP) is 2.72. The average molecular weight is 148 g/mol. The van der Waals surface area contributed by atoms with Gasteiger partial charge in [-0.2, -0.15) is 0 Å². The summed E-state index contributed by atoms with van der Waals surface area (Å²) in [7, 11) is 0. The van der Waals surface area contributed by atoms with Gasteiger partial charge in [0.25, 0.3) is 0 Å². The van der Waals surface area contributed by atoms with Crippen LogP contribution in [0.5, 0.6) is 0 Å². The Bertz CT molecular complexity index is 54.9. The fourth-order valence-corrected chi connectivity index (χ4v) is 0.918. The van der Waals surface area contributed by atoms with Crippen LogP contribution in [-0.4, -0.2) is 12.9 Å². The first-order valence-corrected chi connectivity index (χ1v) is 4.58. The molecule has 0 aromatic heterocycles. The molecule has 0 aliphatic carbocycles. The van der Waals surface area contributed by atoms with E-state index in [1.165, 1.54) is 24.9 Å². The van der Waals surface area contributed by atoms with Crippen LogP contribution in [0, 0.1) is 5.92 Å². The zero-order valence-corrected chi connectivity index (χ0v) is 7.33.